The molecule has 1 N–H and O–H groups in total. The molecule has 2 nitrogen and oxygen atoms in total. The van der Waals surface area contributed by atoms with Crippen LogP contribution in [0.5, 0.6) is 0 Å². The van der Waals surface area contributed by atoms with Gasteiger partial charge in [-0.25, -0.2) is 0 Å². The van der Waals surface area contributed by atoms with E-state index in [0.29, 0.717) is 6.10 Å². The molecule has 1 fully saturated rings. The number of halogens is 2. The van der Waals surface area contributed by atoms with Gasteiger partial charge in [-0.1, -0.05) is 0 Å². The van der Waals surface area contributed by atoms with Crippen molar-refractivity contribution < 1.29 is 9.84 Å². The van der Waals surface area contributed by atoms with Crippen LogP contribution in [0.25, 0.3) is 0 Å². The van der Waals surface area contributed by atoms with E-state index in [2.05, 4.69) is 31.9 Å². The average molecular weight is 384 g/mol. The molecule has 1 aromatic heterocycles. The van der Waals surface area contributed by atoms with Gasteiger partial charge in [-0.05, 0) is 70.0 Å². The van der Waals surface area contributed by atoms with E-state index >= 15 is 0 Å². The van der Waals surface area contributed by atoms with Crippen molar-refractivity contribution in [1.82, 2.24) is 0 Å². The quantitative estimate of drug-likeness (QED) is 0.801. The molecule has 0 aliphatic carbocycles. The summed E-state index contributed by atoms with van der Waals surface area (Å²) in [7, 11) is 0. The lowest BCUT2D eigenvalue weighted by Crippen LogP contribution is -2.05. The zero-order valence-electron chi connectivity index (χ0n) is 9.49. The minimum absolute atomic E-state index is 0.344. The molecule has 1 aliphatic heterocycles. The van der Waals surface area contributed by atoms with Gasteiger partial charge in [-0.3, -0.25) is 0 Å². The summed E-state index contributed by atoms with van der Waals surface area (Å²) in [6, 6.07) is 1.99. The number of hydrogen-bond acceptors (Lipinski definition) is 3. The largest absolute Gasteiger partial charge is 0.388 e. The first-order valence-corrected chi connectivity index (χ1v) is 8.31. The molecule has 0 spiro atoms. The van der Waals surface area contributed by atoms with Crippen molar-refractivity contribution in [2.75, 3.05) is 6.61 Å². The predicted octanol–water partition coefficient (Wildman–Crippen LogP) is 4.66. The highest BCUT2D eigenvalue weighted by Crippen LogP contribution is 2.37. The maximum absolute atomic E-state index is 10.1. The van der Waals surface area contributed by atoms with Gasteiger partial charge in [0, 0.05) is 16.0 Å². The van der Waals surface area contributed by atoms with Crippen molar-refractivity contribution in [2.45, 2.75) is 44.3 Å². The van der Waals surface area contributed by atoms with E-state index in [1.807, 2.05) is 6.07 Å². The minimum Gasteiger partial charge on any atom is -0.388 e. The van der Waals surface area contributed by atoms with Gasteiger partial charge in [-0.15, -0.1) is 11.3 Å². The molecule has 0 aromatic carbocycles. The van der Waals surface area contributed by atoms with Gasteiger partial charge >= 0.3 is 0 Å². The van der Waals surface area contributed by atoms with Gasteiger partial charge in [0.05, 0.1) is 16.0 Å². The van der Waals surface area contributed by atoms with Crippen LogP contribution >= 0.6 is 43.2 Å². The first-order chi connectivity index (χ1) is 8.16. The molecule has 0 bridgehead atoms. The molecule has 5 heteroatoms. The van der Waals surface area contributed by atoms with E-state index in [9.17, 15) is 5.11 Å². The molecular weight excluding hydrogens is 368 g/mol. The molecule has 2 atom stereocenters. The van der Waals surface area contributed by atoms with Crippen molar-refractivity contribution >= 4 is 43.2 Å². The Morgan fingerprint density at radius 1 is 1.53 bits per heavy atom. The third-order valence-electron chi connectivity index (χ3n) is 3.02. The number of rotatable bonds is 5. The SMILES string of the molecule is OC(CCCC1CCCO1)c1cc(Br)c(Br)s1. The first-order valence-electron chi connectivity index (χ1n) is 5.91. The Hall–Kier alpha value is 0.580. The minimum atomic E-state index is -0.344. The van der Waals surface area contributed by atoms with Crippen molar-refractivity contribution in [3.05, 3.63) is 19.2 Å². The Bertz CT molecular complexity index is 342. The second kappa shape index (κ2) is 6.66. The highest BCUT2D eigenvalue weighted by Gasteiger charge is 2.17. The molecule has 17 heavy (non-hydrogen) atoms. The van der Waals surface area contributed by atoms with Gasteiger partial charge in [0.25, 0.3) is 0 Å². The van der Waals surface area contributed by atoms with Crippen molar-refractivity contribution in [1.29, 1.82) is 0 Å². The fourth-order valence-electron chi connectivity index (χ4n) is 2.08. The molecule has 1 aliphatic rings. The van der Waals surface area contributed by atoms with E-state index < -0.39 is 0 Å². The van der Waals surface area contributed by atoms with Crippen LogP contribution in [0.2, 0.25) is 0 Å². The van der Waals surface area contributed by atoms with E-state index in [-0.39, 0.29) is 6.10 Å². The first kappa shape index (κ1) is 14.0. The standard InChI is InChI=1S/C12H16Br2O2S/c13-9-7-11(17-12(9)14)10(15)5-1-3-8-4-2-6-16-8/h7-8,10,15H,1-6H2. The van der Waals surface area contributed by atoms with Gasteiger partial charge in [0.2, 0.25) is 0 Å². The van der Waals surface area contributed by atoms with Crippen LogP contribution in [0.1, 0.15) is 43.1 Å². The average Bonchev–Trinajstić information content (AvgIpc) is 2.90. The lowest BCUT2D eigenvalue weighted by Gasteiger charge is -2.11. The Kier molecular flexibility index (Phi) is 5.49. The lowest BCUT2D eigenvalue weighted by molar-refractivity contribution is 0.0948. The van der Waals surface area contributed by atoms with Crippen LogP contribution in [0.4, 0.5) is 0 Å². The zero-order valence-corrected chi connectivity index (χ0v) is 13.5. The highest BCUT2D eigenvalue weighted by atomic mass is 79.9. The molecule has 0 amide bonds. The fraction of sp³-hybridized carbons (Fsp3) is 0.667. The maximum Gasteiger partial charge on any atom is 0.0882 e. The van der Waals surface area contributed by atoms with Crippen LogP contribution in [0.3, 0.4) is 0 Å². The Balaban J connectivity index is 1.74. The zero-order chi connectivity index (χ0) is 12.3. The second-order valence-electron chi connectivity index (χ2n) is 4.35. The van der Waals surface area contributed by atoms with Gasteiger partial charge in [0.1, 0.15) is 0 Å². The van der Waals surface area contributed by atoms with E-state index in [0.717, 1.165) is 39.0 Å². The van der Waals surface area contributed by atoms with Crippen molar-refractivity contribution in [3.63, 3.8) is 0 Å². The third-order valence-corrected chi connectivity index (χ3v) is 6.38. The van der Waals surface area contributed by atoms with E-state index in [1.54, 1.807) is 11.3 Å². The number of thiophene rings is 1. The summed E-state index contributed by atoms with van der Waals surface area (Å²) in [6.45, 7) is 0.915. The van der Waals surface area contributed by atoms with E-state index in [4.69, 9.17) is 4.74 Å². The number of ether oxygens (including phenoxy) is 1. The molecular formula is C12H16Br2O2S. The summed E-state index contributed by atoms with van der Waals surface area (Å²) in [5, 5.41) is 10.1. The topological polar surface area (TPSA) is 29.5 Å². The van der Waals surface area contributed by atoms with Crippen molar-refractivity contribution in [2.24, 2.45) is 0 Å². The highest BCUT2D eigenvalue weighted by molar-refractivity contribution is 9.13. The van der Waals surface area contributed by atoms with Gasteiger partial charge in [-0.2, -0.15) is 0 Å². The summed E-state index contributed by atoms with van der Waals surface area (Å²) in [5.74, 6) is 0. The van der Waals surface area contributed by atoms with E-state index in [1.165, 1.54) is 12.8 Å². The van der Waals surface area contributed by atoms with Crippen LogP contribution in [-0.2, 0) is 4.74 Å². The molecule has 1 aromatic rings. The molecule has 2 rings (SSSR count). The van der Waals surface area contributed by atoms with Crippen molar-refractivity contribution in [3.8, 4) is 0 Å². The summed E-state index contributed by atoms with van der Waals surface area (Å²) < 4.78 is 7.64. The molecule has 0 saturated carbocycles. The molecule has 2 heterocycles. The number of aliphatic hydroxyl groups excluding tert-OH is 1. The molecule has 96 valence electrons. The predicted molar refractivity (Wildman–Crippen MR) is 77.5 cm³/mol. The Morgan fingerprint density at radius 3 is 2.94 bits per heavy atom. The maximum atomic E-state index is 10.1. The Labute approximate surface area is 123 Å². The van der Waals surface area contributed by atoms with Crippen LogP contribution in [-0.4, -0.2) is 17.8 Å². The fourth-order valence-corrected chi connectivity index (χ4v) is 4.19. The van der Waals surface area contributed by atoms with Crippen LogP contribution in [0.15, 0.2) is 14.3 Å². The monoisotopic (exact) mass is 382 g/mol. The Morgan fingerprint density at radius 2 is 2.35 bits per heavy atom. The molecule has 0 radical (unpaired) electrons. The smallest absolute Gasteiger partial charge is 0.0882 e. The second-order valence-corrected chi connectivity index (χ2v) is 7.61. The molecule has 1 saturated heterocycles. The van der Waals surface area contributed by atoms with Gasteiger partial charge in [0.15, 0.2) is 0 Å². The summed E-state index contributed by atoms with van der Waals surface area (Å²) in [4.78, 5) is 1.02. The van der Waals surface area contributed by atoms with Crippen LogP contribution in [0, 0.1) is 0 Å². The molecule has 2 unspecified atom stereocenters. The van der Waals surface area contributed by atoms with Gasteiger partial charge < -0.3 is 9.84 Å². The summed E-state index contributed by atoms with van der Waals surface area (Å²) in [5.41, 5.74) is 0. The van der Waals surface area contributed by atoms with Crippen LogP contribution < -0.4 is 0 Å². The normalized spacial score (nSPS) is 21.9. The number of hydrogen-bond donors (Lipinski definition) is 1. The lowest BCUT2D eigenvalue weighted by atomic mass is 10.1. The summed E-state index contributed by atoms with van der Waals surface area (Å²) in [6.07, 6.45) is 5.39. The third kappa shape index (κ3) is 4.03. The number of aliphatic hydroxyl groups is 1. The summed E-state index contributed by atoms with van der Waals surface area (Å²) >= 11 is 8.48.